The third-order valence-electron chi connectivity index (χ3n) is 10.6. The van der Waals surface area contributed by atoms with Gasteiger partial charge in [-0.3, -0.25) is 14.6 Å². The number of hydrogen-bond donors (Lipinski definition) is 2. The third-order valence-corrected chi connectivity index (χ3v) is 10.6. The van der Waals surface area contributed by atoms with Gasteiger partial charge in [0.2, 0.25) is 5.89 Å². The van der Waals surface area contributed by atoms with Crippen LogP contribution in [0.25, 0.3) is 50.3 Å². The van der Waals surface area contributed by atoms with Crippen molar-refractivity contribution < 1.29 is 28.9 Å². The highest BCUT2D eigenvalue weighted by molar-refractivity contribution is 5.97. The monoisotopic (exact) mass is 712 g/mol. The summed E-state index contributed by atoms with van der Waals surface area (Å²) in [4.78, 5) is 20.6. The van der Waals surface area contributed by atoms with E-state index >= 15 is 0 Å². The molecule has 0 aliphatic carbocycles. The smallest absolute Gasteiger partial charge is 0.307 e. The number of fused-ring (bicyclic) bond motifs is 2. The Morgan fingerprint density at radius 2 is 1.68 bits per heavy atom. The molecule has 6 aromatic rings. The minimum absolute atomic E-state index is 0.317. The number of methoxy groups -OCH3 is 2. The van der Waals surface area contributed by atoms with E-state index in [1.54, 1.807) is 14.2 Å². The zero-order valence-electron chi connectivity index (χ0n) is 29.9. The first-order valence-electron chi connectivity index (χ1n) is 17.8. The van der Waals surface area contributed by atoms with Gasteiger partial charge in [0, 0.05) is 55.8 Å². The van der Waals surface area contributed by atoms with Crippen molar-refractivity contribution in [2.24, 2.45) is 5.92 Å². The molecule has 0 radical (unpaired) electrons. The zero-order chi connectivity index (χ0) is 36.8. The van der Waals surface area contributed by atoms with Gasteiger partial charge in [-0.15, -0.1) is 0 Å². The topological polar surface area (TPSA) is 150 Å². The van der Waals surface area contributed by atoms with Gasteiger partial charge in [0.05, 0.1) is 54.8 Å². The van der Waals surface area contributed by atoms with Crippen LogP contribution in [0.2, 0.25) is 0 Å². The second-order valence-corrected chi connectivity index (χ2v) is 14.0. The van der Waals surface area contributed by atoms with E-state index in [0.717, 1.165) is 62.9 Å². The number of aromatic nitrogens is 3. The molecule has 2 atom stereocenters. The second-order valence-electron chi connectivity index (χ2n) is 14.0. The van der Waals surface area contributed by atoms with Crippen LogP contribution in [0.4, 0.5) is 0 Å². The number of likely N-dealkylation sites (tertiary alicyclic amines) is 2. The van der Waals surface area contributed by atoms with E-state index in [-0.39, 0.29) is 12.0 Å². The Morgan fingerprint density at radius 1 is 0.962 bits per heavy atom. The van der Waals surface area contributed by atoms with Gasteiger partial charge >= 0.3 is 5.97 Å². The molecule has 0 bridgehead atoms. The number of aliphatic hydroxyl groups is 1. The number of aliphatic hydroxyl groups excluding tert-OH is 1. The highest BCUT2D eigenvalue weighted by atomic mass is 16.5. The number of ether oxygens (including phenoxy) is 2. The minimum atomic E-state index is -0.771. The van der Waals surface area contributed by atoms with Gasteiger partial charge < -0.3 is 24.1 Å². The molecular weight excluding hydrogens is 672 g/mol. The predicted octanol–water partition coefficient (Wildman–Crippen LogP) is 6.17. The largest absolute Gasteiger partial charge is 0.496 e. The third kappa shape index (κ3) is 6.37. The van der Waals surface area contributed by atoms with E-state index in [9.17, 15) is 20.3 Å². The summed E-state index contributed by atoms with van der Waals surface area (Å²) in [6, 6.07) is 22.1. The van der Waals surface area contributed by atoms with Gasteiger partial charge in [-0.2, -0.15) is 10.4 Å². The summed E-state index contributed by atoms with van der Waals surface area (Å²) < 4.78 is 19.9. The number of nitrogens with zero attached hydrogens (tertiary/aromatic N) is 6. The summed E-state index contributed by atoms with van der Waals surface area (Å²) in [5.74, 6) is 0.662. The summed E-state index contributed by atoms with van der Waals surface area (Å²) in [6.45, 7) is 5.79. The molecule has 0 spiro atoms. The summed E-state index contributed by atoms with van der Waals surface area (Å²) in [7, 11) is 3.30. The number of rotatable bonds is 10. The molecule has 2 aromatic heterocycles. The van der Waals surface area contributed by atoms with E-state index < -0.39 is 5.97 Å². The standard InChI is InChI=1S/C41H40N6O6/c1-24-30(6-4-7-31(24)40-44-35-15-25(14-27(18-42)39(35)53-40)20-45-12-10-26(21-45)41(49)50)32-8-5-9-36-33(32)19-43-47(36)28-16-37(51-2)34(38(17-28)52-3)23-46-13-11-29(48)22-46/h4-9,14-17,19,26,29,48H,10-13,20-23H2,1-3H3,(H,49,50)/t26-,29+/m1/s1. The van der Waals surface area contributed by atoms with Crippen molar-refractivity contribution >= 4 is 28.0 Å². The maximum atomic E-state index is 11.5. The lowest BCUT2D eigenvalue weighted by atomic mass is 9.94. The molecule has 0 saturated carbocycles. The van der Waals surface area contributed by atoms with E-state index in [1.807, 2.05) is 66.3 Å². The van der Waals surface area contributed by atoms with Crippen molar-refractivity contribution in [3.8, 4) is 45.8 Å². The van der Waals surface area contributed by atoms with Gasteiger partial charge in [0.1, 0.15) is 23.1 Å². The van der Waals surface area contributed by atoms with Gasteiger partial charge in [-0.05, 0) is 72.8 Å². The summed E-state index contributed by atoms with van der Waals surface area (Å²) in [5, 5.41) is 35.3. The number of aliphatic carboxylic acids is 1. The normalized spacial score (nSPS) is 17.9. The fraction of sp³-hybridized carbons (Fsp3) is 0.317. The van der Waals surface area contributed by atoms with E-state index in [2.05, 4.69) is 28.0 Å². The maximum Gasteiger partial charge on any atom is 0.307 e. The van der Waals surface area contributed by atoms with Crippen molar-refractivity contribution in [1.29, 1.82) is 5.26 Å². The Bertz CT molecular complexity index is 2390. The molecule has 8 rings (SSSR count). The van der Waals surface area contributed by atoms with Gasteiger partial charge in [-0.1, -0.05) is 24.3 Å². The van der Waals surface area contributed by atoms with Crippen LogP contribution >= 0.6 is 0 Å². The highest BCUT2D eigenvalue weighted by Crippen LogP contribution is 2.39. The summed E-state index contributed by atoms with van der Waals surface area (Å²) in [5.41, 5.74) is 8.72. The van der Waals surface area contributed by atoms with Gasteiger partial charge in [0.25, 0.3) is 0 Å². The van der Waals surface area contributed by atoms with Gasteiger partial charge in [-0.25, -0.2) is 9.67 Å². The van der Waals surface area contributed by atoms with Crippen molar-refractivity contribution in [2.45, 2.75) is 39.0 Å². The van der Waals surface area contributed by atoms with Crippen molar-refractivity contribution in [3.05, 3.63) is 89.1 Å². The predicted molar refractivity (Wildman–Crippen MR) is 199 cm³/mol. The van der Waals surface area contributed by atoms with Crippen LogP contribution < -0.4 is 9.47 Å². The number of carboxylic acid groups (broad SMARTS) is 1. The van der Waals surface area contributed by atoms with Crippen LogP contribution in [-0.2, 0) is 17.9 Å². The van der Waals surface area contributed by atoms with E-state index in [1.165, 1.54) is 0 Å². The van der Waals surface area contributed by atoms with Crippen LogP contribution in [0.1, 0.15) is 35.1 Å². The molecule has 2 saturated heterocycles. The maximum absolute atomic E-state index is 11.5. The summed E-state index contributed by atoms with van der Waals surface area (Å²) in [6.07, 6.45) is 2.92. The zero-order valence-corrected chi connectivity index (χ0v) is 29.9. The molecular formula is C41H40N6O6. The SMILES string of the molecule is COc1cc(-n2ncc3c(-c4cccc(-c5nc6cc(CN7CC[C@@H](C(=O)O)C7)cc(C#N)c6o5)c4C)cccc32)cc(OC)c1CN1CC[C@H](O)C1. The van der Waals surface area contributed by atoms with E-state index in [4.69, 9.17) is 24.0 Å². The Balaban J connectivity index is 1.13. The number of benzene rings is 4. The molecule has 4 heterocycles. The number of oxazole rings is 1. The average molecular weight is 713 g/mol. The van der Waals surface area contributed by atoms with Crippen LogP contribution in [0.3, 0.4) is 0 Å². The molecule has 270 valence electrons. The lowest BCUT2D eigenvalue weighted by molar-refractivity contribution is -0.141. The lowest BCUT2D eigenvalue weighted by Crippen LogP contribution is -2.22. The fourth-order valence-corrected chi connectivity index (χ4v) is 7.90. The molecule has 2 aliphatic rings. The van der Waals surface area contributed by atoms with Gasteiger partial charge in [0.15, 0.2) is 5.58 Å². The molecule has 2 N–H and O–H groups in total. The van der Waals surface area contributed by atoms with Crippen LogP contribution in [0.5, 0.6) is 11.5 Å². The molecule has 0 unspecified atom stereocenters. The lowest BCUT2D eigenvalue weighted by Gasteiger charge is -2.20. The quantitative estimate of drug-likeness (QED) is 0.168. The molecule has 12 nitrogen and oxygen atoms in total. The molecule has 2 aliphatic heterocycles. The Morgan fingerprint density at radius 3 is 2.38 bits per heavy atom. The number of carbonyl (C=O) groups is 1. The van der Waals surface area contributed by atoms with Crippen LogP contribution in [0, 0.1) is 24.2 Å². The average Bonchev–Trinajstić information content (AvgIpc) is 3.98. The summed E-state index contributed by atoms with van der Waals surface area (Å²) >= 11 is 0. The Hall–Kier alpha value is -5.74. The molecule has 53 heavy (non-hydrogen) atoms. The minimum Gasteiger partial charge on any atom is -0.496 e. The molecule has 0 amide bonds. The van der Waals surface area contributed by atoms with Crippen LogP contribution in [0.15, 0.2) is 71.3 Å². The van der Waals surface area contributed by atoms with Crippen molar-refractivity contribution in [2.75, 3.05) is 40.4 Å². The van der Waals surface area contributed by atoms with Crippen molar-refractivity contribution in [3.63, 3.8) is 0 Å². The number of β-amino-alcohol motifs (C(OH)–C–C–N with tert-alkyl or cyclic N) is 1. The first-order valence-corrected chi connectivity index (χ1v) is 17.8. The molecule has 12 heteroatoms. The number of carboxylic acids is 1. The fourth-order valence-electron chi connectivity index (χ4n) is 7.90. The molecule has 4 aromatic carbocycles. The molecule has 2 fully saturated rings. The first-order chi connectivity index (χ1) is 25.7. The first kappa shape index (κ1) is 34.4. The highest BCUT2D eigenvalue weighted by Gasteiger charge is 2.29. The number of hydrogen-bond acceptors (Lipinski definition) is 10. The van der Waals surface area contributed by atoms with Crippen LogP contribution in [-0.4, -0.2) is 87.2 Å². The number of nitriles is 1. The second kappa shape index (κ2) is 14.0. The van der Waals surface area contributed by atoms with Crippen molar-refractivity contribution in [1.82, 2.24) is 24.6 Å². The Kier molecular flexibility index (Phi) is 9.08. The van der Waals surface area contributed by atoms with E-state index in [0.29, 0.717) is 73.2 Å². The Labute approximate surface area is 306 Å².